The first-order valence-corrected chi connectivity index (χ1v) is 11.4. The van der Waals surface area contributed by atoms with Crippen LogP contribution in [0.25, 0.3) is 11.0 Å². The summed E-state index contributed by atoms with van der Waals surface area (Å²) >= 11 is 0. The average molecular weight is 445 g/mol. The molecule has 8 heteroatoms. The number of benzene rings is 2. The molecule has 7 nitrogen and oxygen atoms in total. The molecule has 0 amide bonds. The normalized spacial score (nSPS) is 17.8. The minimum absolute atomic E-state index is 0.0976. The summed E-state index contributed by atoms with van der Waals surface area (Å²) in [6.07, 6.45) is 0.265. The van der Waals surface area contributed by atoms with Crippen molar-refractivity contribution in [2.75, 3.05) is 13.2 Å². The molecule has 31 heavy (non-hydrogen) atoms. The summed E-state index contributed by atoms with van der Waals surface area (Å²) in [5, 5.41) is 0.799. The molecule has 2 heterocycles. The van der Waals surface area contributed by atoms with E-state index in [4.69, 9.17) is 18.1 Å². The van der Waals surface area contributed by atoms with Gasteiger partial charge in [0, 0.05) is 23.9 Å². The largest absolute Gasteiger partial charge is 0.485 e. The molecule has 164 valence electrons. The Bertz CT molecular complexity index is 1260. The summed E-state index contributed by atoms with van der Waals surface area (Å²) in [5.74, 6) is 0.643. The van der Waals surface area contributed by atoms with Gasteiger partial charge in [-0.05, 0) is 50.6 Å². The van der Waals surface area contributed by atoms with E-state index in [1.54, 1.807) is 24.3 Å². The maximum Gasteiger partial charge on any atom is 0.336 e. The summed E-state index contributed by atoms with van der Waals surface area (Å²) < 4.78 is 47.0. The molecular formula is C23H24O7S. The first kappa shape index (κ1) is 21.5. The molecule has 0 spiro atoms. The van der Waals surface area contributed by atoms with Crippen molar-refractivity contribution >= 4 is 21.1 Å². The average Bonchev–Trinajstić information content (AvgIpc) is 2.70. The van der Waals surface area contributed by atoms with Crippen molar-refractivity contribution in [3.63, 3.8) is 0 Å². The van der Waals surface area contributed by atoms with Gasteiger partial charge < -0.3 is 13.9 Å². The molecule has 0 saturated heterocycles. The van der Waals surface area contributed by atoms with Gasteiger partial charge in [0.05, 0.1) is 18.1 Å². The Kier molecular flexibility index (Phi) is 5.63. The Labute approximate surface area is 180 Å². The zero-order valence-electron chi connectivity index (χ0n) is 17.6. The quantitative estimate of drug-likeness (QED) is 0.326. The number of hydrogen-bond acceptors (Lipinski definition) is 7. The molecule has 1 aliphatic rings. The van der Waals surface area contributed by atoms with Gasteiger partial charge in [0.15, 0.2) is 0 Å². The third kappa shape index (κ3) is 4.66. The summed E-state index contributed by atoms with van der Waals surface area (Å²) in [6, 6.07) is 13.2. The highest BCUT2D eigenvalue weighted by Crippen LogP contribution is 2.37. The second-order valence-electron chi connectivity index (χ2n) is 8.11. The second-order valence-corrected chi connectivity index (χ2v) is 9.73. The lowest BCUT2D eigenvalue weighted by Crippen LogP contribution is -2.48. The van der Waals surface area contributed by atoms with Gasteiger partial charge in [-0.25, -0.2) is 4.79 Å². The first-order chi connectivity index (χ1) is 14.6. The summed E-state index contributed by atoms with van der Waals surface area (Å²) in [7, 11) is -3.83. The van der Waals surface area contributed by atoms with Crippen LogP contribution in [-0.2, 0) is 25.5 Å². The maximum atomic E-state index is 12.3. The lowest BCUT2D eigenvalue weighted by Gasteiger charge is -2.39. The van der Waals surface area contributed by atoms with Crippen LogP contribution in [0.1, 0.15) is 25.0 Å². The molecular weight excluding hydrogens is 420 g/mol. The minimum atomic E-state index is -3.83. The van der Waals surface area contributed by atoms with Crippen LogP contribution in [0.5, 0.6) is 5.75 Å². The van der Waals surface area contributed by atoms with E-state index in [2.05, 4.69) is 0 Å². The van der Waals surface area contributed by atoms with Crippen molar-refractivity contribution < 1.29 is 26.5 Å². The van der Waals surface area contributed by atoms with Crippen molar-refractivity contribution in [3.05, 3.63) is 70.1 Å². The number of fused-ring (bicyclic) bond motifs is 2. The standard InChI is InChI=1S/C23H24O7S/c1-15-4-7-18(8-5-15)31(25,26)28-11-10-27-21-13-17-12-16-6-9-22(24)29-19(16)14-20(17)30-23(21,2)3/h4-9,12,14,21H,10-11,13H2,1-3H3/t21-/m0/s1. The summed E-state index contributed by atoms with van der Waals surface area (Å²) in [4.78, 5) is 11.6. The highest BCUT2D eigenvalue weighted by molar-refractivity contribution is 7.86. The lowest BCUT2D eigenvalue weighted by atomic mass is 9.90. The van der Waals surface area contributed by atoms with Gasteiger partial charge in [-0.15, -0.1) is 0 Å². The van der Waals surface area contributed by atoms with Crippen LogP contribution >= 0.6 is 0 Å². The number of aryl methyl sites for hydroxylation is 1. The smallest absolute Gasteiger partial charge is 0.336 e. The molecule has 0 bridgehead atoms. The summed E-state index contributed by atoms with van der Waals surface area (Å²) in [5.41, 5.74) is 1.29. The van der Waals surface area contributed by atoms with Gasteiger partial charge in [-0.1, -0.05) is 17.7 Å². The third-order valence-corrected chi connectivity index (χ3v) is 6.63. The molecule has 0 saturated carbocycles. The van der Waals surface area contributed by atoms with Crippen LogP contribution in [0, 0.1) is 6.92 Å². The van der Waals surface area contributed by atoms with Crippen LogP contribution in [-0.4, -0.2) is 33.3 Å². The Morgan fingerprint density at radius 3 is 2.55 bits per heavy atom. The zero-order valence-corrected chi connectivity index (χ0v) is 18.4. The fourth-order valence-electron chi connectivity index (χ4n) is 3.56. The van der Waals surface area contributed by atoms with Crippen molar-refractivity contribution in [1.82, 2.24) is 0 Å². The molecule has 0 radical (unpaired) electrons. The van der Waals surface area contributed by atoms with Gasteiger partial charge in [-0.3, -0.25) is 4.18 Å². The van der Waals surface area contributed by atoms with Gasteiger partial charge in [0.1, 0.15) is 23.0 Å². The Hall–Kier alpha value is -2.68. The SMILES string of the molecule is Cc1ccc(S(=O)(=O)OCCO[C@H]2Cc3cc4ccc(=O)oc4cc3OC2(C)C)cc1. The molecule has 1 atom stereocenters. The Balaban J connectivity index is 1.42. The van der Waals surface area contributed by atoms with Crippen molar-refractivity contribution in [2.24, 2.45) is 0 Å². The predicted molar refractivity (Wildman–Crippen MR) is 115 cm³/mol. The van der Waals surface area contributed by atoms with E-state index in [0.29, 0.717) is 17.8 Å². The van der Waals surface area contributed by atoms with E-state index in [-0.39, 0.29) is 24.2 Å². The van der Waals surface area contributed by atoms with Crippen LogP contribution in [0.4, 0.5) is 0 Å². The van der Waals surface area contributed by atoms with Crippen LogP contribution in [0.3, 0.4) is 0 Å². The molecule has 3 aromatic rings. The number of hydrogen-bond donors (Lipinski definition) is 0. The van der Waals surface area contributed by atoms with E-state index in [1.165, 1.54) is 18.2 Å². The zero-order chi connectivity index (χ0) is 22.2. The molecule has 4 rings (SSSR count). The third-order valence-electron chi connectivity index (χ3n) is 5.31. The molecule has 2 aromatic carbocycles. The van der Waals surface area contributed by atoms with E-state index in [9.17, 15) is 13.2 Å². The maximum absolute atomic E-state index is 12.3. The second kappa shape index (κ2) is 8.11. The first-order valence-electron chi connectivity index (χ1n) is 9.98. The summed E-state index contributed by atoms with van der Waals surface area (Å²) in [6.45, 7) is 5.68. The molecule has 0 fully saturated rings. The van der Waals surface area contributed by atoms with E-state index in [1.807, 2.05) is 26.8 Å². The van der Waals surface area contributed by atoms with Gasteiger partial charge in [0.25, 0.3) is 10.1 Å². The van der Waals surface area contributed by atoms with Gasteiger partial charge in [-0.2, -0.15) is 8.42 Å². The van der Waals surface area contributed by atoms with Crippen LogP contribution in [0.15, 0.2) is 62.6 Å². The van der Waals surface area contributed by atoms with Crippen LogP contribution < -0.4 is 10.4 Å². The van der Waals surface area contributed by atoms with Crippen molar-refractivity contribution in [2.45, 2.75) is 43.8 Å². The van der Waals surface area contributed by atoms with Crippen molar-refractivity contribution in [1.29, 1.82) is 0 Å². The van der Waals surface area contributed by atoms with E-state index < -0.39 is 21.3 Å². The minimum Gasteiger partial charge on any atom is -0.485 e. The molecule has 1 aromatic heterocycles. The van der Waals surface area contributed by atoms with Gasteiger partial charge >= 0.3 is 5.63 Å². The van der Waals surface area contributed by atoms with E-state index in [0.717, 1.165) is 16.5 Å². The Morgan fingerprint density at radius 2 is 1.81 bits per heavy atom. The van der Waals surface area contributed by atoms with E-state index >= 15 is 0 Å². The highest BCUT2D eigenvalue weighted by Gasteiger charge is 2.38. The highest BCUT2D eigenvalue weighted by atomic mass is 32.2. The lowest BCUT2D eigenvalue weighted by molar-refractivity contribution is -0.0881. The molecule has 0 aliphatic carbocycles. The van der Waals surface area contributed by atoms with Gasteiger partial charge in [0.2, 0.25) is 0 Å². The molecule has 0 unspecified atom stereocenters. The fraction of sp³-hybridized carbons (Fsp3) is 0.348. The predicted octanol–water partition coefficient (Wildman–Crippen LogP) is 3.61. The van der Waals surface area contributed by atoms with Crippen molar-refractivity contribution in [3.8, 4) is 5.75 Å². The van der Waals surface area contributed by atoms with Crippen LogP contribution in [0.2, 0.25) is 0 Å². The number of ether oxygens (including phenoxy) is 2. The monoisotopic (exact) mass is 444 g/mol. The molecule has 0 N–H and O–H groups in total. The fourth-order valence-corrected chi connectivity index (χ4v) is 4.45. The number of rotatable bonds is 6. The Morgan fingerprint density at radius 1 is 1.06 bits per heavy atom. The molecule has 1 aliphatic heterocycles. The topological polar surface area (TPSA) is 92.0 Å².